The molecule has 1 aliphatic rings. The van der Waals surface area contributed by atoms with E-state index in [4.69, 9.17) is 0 Å². The summed E-state index contributed by atoms with van der Waals surface area (Å²) in [5, 5.41) is 3.37. The van der Waals surface area contributed by atoms with Gasteiger partial charge in [0.2, 0.25) is 5.91 Å². The lowest BCUT2D eigenvalue weighted by molar-refractivity contribution is -0.128. The smallest absolute Gasteiger partial charge is 0.222 e. The van der Waals surface area contributed by atoms with Crippen LogP contribution in [0.1, 0.15) is 19.8 Å². The van der Waals surface area contributed by atoms with E-state index in [0.717, 1.165) is 32.6 Å². The van der Waals surface area contributed by atoms with E-state index in [1.165, 1.54) is 0 Å². The van der Waals surface area contributed by atoms with Crippen LogP contribution in [0.5, 0.6) is 0 Å². The fourth-order valence-electron chi connectivity index (χ4n) is 1.87. The van der Waals surface area contributed by atoms with Gasteiger partial charge in [-0.2, -0.15) is 0 Å². The van der Waals surface area contributed by atoms with E-state index in [1.54, 1.807) is 4.90 Å². The van der Waals surface area contributed by atoms with Crippen molar-refractivity contribution < 1.29 is 4.79 Å². The first kappa shape index (κ1) is 12.5. The molecule has 0 aromatic heterocycles. The third-order valence-electron chi connectivity index (χ3n) is 2.97. The van der Waals surface area contributed by atoms with Crippen LogP contribution in [0.25, 0.3) is 0 Å². The second-order valence-corrected chi connectivity index (χ2v) is 4.48. The Kier molecular flexibility index (Phi) is 5.05. The van der Waals surface area contributed by atoms with E-state index in [1.807, 2.05) is 14.1 Å². The van der Waals surface area contributed by atoms with Gasteiger partial charge in [0.1, 0.15) is 0 Å². The number of carbonyl (C=O) groups is 1. The Hall–Kier alpha value is -0.610. The zero-order valence-corrected chi connectivity index (χ0v) is 10.1. The maximum Gasteiger partial charge on any atom is 0.222 e. The van der Waals surface area contributed by atoms with Crippen LogP contribution < -0.4 is 5.32 Å². The maximum absolute atomic E-state index is 11.4. The Morgan fingerprint density at radius 3 is 2.87 bits per heavy atom. The molecule has 1 atom stereocenters. The van der Waals surface area contributed by atoms with Gasteiger partial charge in [0.25, 0.3) is 0 Å². The molecule has 1 amide bonds. The lowest BCUT2D eigenvalue weighted by Crippen LogP contribution is -2.50. The highest BCUT2D eigenvalue weighted by Crippen LogP contribution is 2.05. The van der Waals surface area contributed by atoms with Gasteiger partial charge in [-0.3, -0.25) is 9.69 Å². The highest BCUT2D eigenvalue weighted by Gasteiger charge is 2.17. The monoisotopic (exact) mass is 213 g/mol. The molecule has 0 unspecified atom stereocenters. The molecule has 0 spiro atoms. The molecule has 4 heteroatoms. The van der Waals surface area contributed by atoms with Crippen LogP contribution in [-0.2, 0) is 4.79 Å². The molecule has 0 bridgehead atoms. The summed E-state index contributed by atoms with van der Waals surface area (Å²) in [4.78, 5) is 15.5. The van der Waals surface area contributed by atoms with Gasteiger partial charge in [0, 0.05) is 46.2 Å². The SMILES string of the molecule is C[C@@H]1CNCCN1CCCC(=O)N(C)C. The maximum atomic E-state index is 11.4. The van der Waals surface area contributed by atoms with Crippen molar-refractivity contribution in [1.29, 1.82) is 0 Å². The van der Waals surface area contributed by atoms with E-state index < -0.39 is 0 Å². The Bertz CT molecular complexity index is 206. The summed E-state index contributed by atoms with van der Waals surface area (Å²) in [5.74, 6) is 0.234. The molecule has 4 nitrogen and oxygen atoms in total. The van der Waals surface area contributed by atoms with Gasteiger partial charge in [0.05, 0.1) is 0 Å². The molecular weight excluding hydrogens is 190 g/mol. The van der Waals surface area contributed by atoms with E-state index in [9.17, 15) is 4.79 Å². The van der Waals surface area contributed by atoms with Crippen molar-refractivity contribution in [3.63, 3.8) is 0 Å². The Morgan fingerprint density at radius 2 is 2.27 bits per heavy atom. The Balaban J connectivity index is 2.16. The summed E-state index contributed by atoms with van der Waals surface area (Å²) < 4.78 is 0. The number of carbonyl (C=O) groups excluding carboxylic acids is 1. The number of rotatable bonds is 4. The molecule has 1 saturated heterocycles. The molecule has 0 saturated carbocycles. The van der Waals surface area contributed by atoms with Crippen molar-refractivity contribution >= 4 is 5.91 Å². The van der Waals surface area contributed by atoms with Crippen molar-refractivity contribution in [2.45, 2.75) is 25.8 Å². The number of nitrogens with one attached hydrogen (secondary N) is 1. The molecule has 1 rings (SSSR count). The highest BCUT2D eigenvalue weighted by atomic mass is 16.2. The molecule has 0 radical (unpaired) electrons. The van der Waals surface area contributed by atoms with Crippen molar-refractivity contribution in [3.8, 4) is 0 Å². The molecule has 1 N–H and O–H groups in total. The molecule has 0 aromatic carbocycles. The second-order valence-electron chi connectivity index (χ2n) is 4.48. The van der Waals surface area contributed by atoms with Gasteiger partial charge in [0.15, 0.2) is 0 Å². The van der Waals surface area contributed by atoms with Crippen LogP contribution in [0, 0.1) is 0 Å². The zero-order valence-electron chi connectivity index (χ0n) is 10.1. The molecule has 1 fully saturated rings. The first-order valence-electron chi connectivity index (χ1n) is 5.76. The summed E-state index contributed by atoms with van der Waals surface area (Å²) in [7, 11) is 3.63. The van der Waals surface area contributed by atoms with Crippen LogP contribution in [-0.4, -0.2) is 62.0 Å². The normalized spacial score (nSPS) is 22.7. The van der Waals surface area contributed by atoms with Crippen LogP contribution in [0.2, 0.25) is 0 Å². The number of piperazine rings is 1. The lowest BCUT2D eigenvalue weighted by Gasteiger charge is -2.33. The second kappa shape index (κ2) is 6.08. The predicted molar refractivity (Wildman–Crippen MR) is 61.8 cm³/mol. The number of amides is 1. The lowest BCUT2D eigenvalue weighted by atomic mass is 10.2. The minimum absolute atomic E-state index is 0.234. The summed E-state index contributed by atoms with van der Waals surface area (Å²) in [6, 6.07) is 0.605. The van der Waals surface area contributed by atoms with E-state index in [2.05, 4.69) is 17.1 Å². The number of hydrogen-bond donors (Lipinski definition) is 1. The standard InChI is InChI=1S/C11H23N3O/c1-10-9-12-6-8-14(10)7-4-5-11(15)13(2)3/h10,12H,4-9H2,1-3H3/t10-/m1/s1. The molecule has 15 heavy (non-hydrogen) atoms. The predicted octanol–water partition coefficient (Wildman–Crippen LogP) is 0.149. The average Bonchev–Trinajstić information content (AvgIpc) is 2.20. The summed E-state index contributed by atoms with van der Waals surface area (Å²) in [5.41, 5.74) is 0. The van der Waals surface area contributed by atoms with Crippen LogP contribution in [0.3, 0.4) is 0 Å². The van der Waals surface area contributed by atoms with Crippen molar-refractivity contribution in [3.05, 3.63) is 0 Å². The fourth-order valence-corrected chi connectivity index (χ4v) is 1.87. The summed E-state index contributed by atoms with van der Waals surface area (Å²) >= 11 is 0. The van der Waals surface area contributed by atoms with E-state index in [0.29, 0.717) is 12.5 Å². The molecule has 1 aliphatic heterocycles. The van der Waals surface area contributed by atoms with Crippen LogP contribution in [0.15, 0.2) is 0 Å². The van der Waals surface area contributed by atoms with Gasteiger partial charge in [-0.05, 0) is 19.9 Å². The largest absolute Gasteiger partial charge is 0.349 e. The van der Waals surface area contributed by atoms with Gasteiger partial charge >= 0.3 is 0 Å². The number of hydrogen-bond acceptors (Lipinski definition) is 3. The van der Waals surface area contributed by atoms with Gasteiger partial charge < -0.3 is 10.2 Å². The van der Waals surface area contributed by atoms with Gasteiger partial charge in [-0.15, -0.1) is 0 Å². The minimum Gasteiger partial charge on any atom is -0.349 e. The molecule has 88 valence electrons. The third-order valence-corrected chi connectivity index (χ3v) is 2.97. The van der Waals surface area contributed by atoms with Crippen LogP contribution >= 0.6 is 0 Å². The quantitative estimate of drug-likeness (QED) is 0.722. The Labute approximate surface area is 92.6 Å². The Morgan fingerprint density at radius 1 is 1.53 bits per heavy atom. The number of nitrogens with zero attached hydrogens (tertiary/aromatic N) is 2. The third kappa shape index (κ3) is 4.18. The molecule has 0 aromatic rings. The molecule has 0 aliphatic carbocycles. The van der Waals surface area contributed by atoms with Crippen molar-refractivity contribution in [2.75, 3.05) is 40.3 Å². The highest BCUT2D eigenvalue weighted by molar-refractivity contribution is 5.75. The van der Waals surface area contributed by atoms with Crippen molar-refractivity contribution in [1.82, 2.24) is 15.1 Å². The zero-order chi connectivity index (χ0) is 11.3. The van der Waals surface area contributed by atoms with Crippen molar-refractivity contribution in [2.24, 2.45) is 0 Å². The van der Waals surface area contributed by atoms with Gasteiger partial charge in [-0.25, -0.2) is 0 Å². The van der Waals surface area contributed by atoms with E-state index >= 15 is 0 Å². The fraction of sp³-hybridized carbons (Fsp3) is 0.909. The van der Waals surface area contributed by atoms with Crippen LogP contribution in [0.4, 0.5) is 0 Å². The topological polar surface area (TPSA) is 35.6 Å². The molecule has 1 heterocycles. The minimum atomic E-state index is 0.234. The first-order chi connectivity index (χ1) is 7.11. The van der Waals surface area contributed by atoms with E-state index in [-0.39, 0.29) is 5.91 Å². The average molecular weight is 213 g/mol. The van der Waals surface area contributed by atoms with Gasteiger partial charge in [-0.1, -0.05) is 0 Å². The molecular formula is C11H23N3O. The summed E-state index contributed by atoms with van der Waals surface area (Å²) in [6.45, 7) is 6.53. The summed E-state index contributed by atoms with van der Waals surface area (Å²) in [6.07, 6.45) is 1.64. The first-order valence-corrected chi connectivity index (χ1v) is 5.76.